The maximum atomic E-state index is 3.88. The minimum atomic E-state index is 0.243. The van der Waals surface area contributed by atoms with Crippen LogP contribution in [-0.4, -0.2) is 10.9 Å². The van der Waals surface area contributed by atoms with Crippen LogP contribution in [0.3, 0.4) is 0 Å². The lowest BCUT2D eigenvalue weighted by atomic mass is 9.85. The summed E-state index contributed by atoms with van der Waals surface area (Å²) < 4.78 is 0. The van der Waals surface area contributed by atoms with Gasteiger partial charge in [0.2, 0.25) is 0 Å². The maximum Gasteiger partial charge on any atom is 0.0254 e. The molecule has 1 nitrogen and oxygen atoms in total. The Balaban J connectivity index is 2.25. The van der Waals surface area contributed by atoms with Crippen LogP contribution in [0.25, 0.3) is 0 Å². The molecule has 0 radical (unpaired) electrons. The van der Waals surface area contributed by atoms with E-state index in [0.717, 1.165) is 13.1 Å². The maximum absolute atomic E-state index is 3.88. The fourth-order valence-electron chi connectivity index (χ4n) is 2.32. The van der Waals surface area contributed by atoms with Crippen LogP contribution in [0.1, 0.15) is 44.4 Å². The predicted octanol–water partition coefficient (Wildman–Crippen LogP) is 3.87. The lowest BCUT2D eigenvalue weighted by molar-refractivity contribution is 0.248. The van der Waals surface area contributed by atoms with Crippen molar-refractivity contribution in [2.75, 3.05) is 0 Å². The lowest BCUT2D eigenvalue weighted by Gasteiger charge is -2.20. The largest absolute Gasteiger partial charge is 0.289 e. The highest BCUT2D eigenvalue weighted by molar-refractivity contribution is 5.37. The van der Waals surface area contributed by atoms with E-state index in [4.69, 9.17) is 0 Å². The molecule has 1 aromatic carbocycles. The van der Waals surface area contributed by atoms with Crippen LogP contribution in [0.4, 0.5) is 0 Å². The summed E-state index contributed by atoms with van der Waals surface area (Å²) in [6.45, 7) is 15.0. The lowest BCUT2D eigenvalue weighted by Crippen LogP contribution is -2.25. The average Bonchev–Trinajstić information content (AvgIpc) is 2.69. The van der Waals surface area contributed by atoms with Crippen molar-refractivity contribution in [1.29, 1.82) is 0 Å². The quantitative estimate of drug-likeness (QED) is 0.696. The number of hydrogen-bond donors (Lipinski definition) is 0. The van der Waals surface area contributed by atoms with Gasteiger partial charge in [-0.2, -0.15) is 0 Å². The van der Waals surface area contributed by atoms with Crippen molar-refractivity contribution in [3.05, 3.63) is 47.5 Å². The number of nitrogens with zero attached hydrogens (tertiary/aromatic N) is 1. The number of rotatable bonds is 2. The van der Waals surface area contributed by atoms with Crippen molar-refractivity contribution in [2.45, 2.75) is 52.2 Å². The third kappa shape index (κ3) is 2.44. The van der Waals surface area contributed by atoms with Crippen LogP contribution in [0.2, 0.25) is 0 Å². The molecule has 1 aromatic rings. The molecular formula is C16H23N. The molecule has 1 aliphatic heterocycles. The molecule has 0 bridgehead atoms. The highest BCUT2D eigenvalue weighted by atomic mass is 15.2. The summed E-state index contributed by atoms with van der Waals surface area (Å²) in [5.74, 6) is 0. The first-order chi connectivity index (χ1) is 7.91. The van der Waals surface area contributed by atoms with Gasteiger partial charge in [-0.15, -0.1) is 6.58 Å². The van der Waals surface area contributed by atoms with E-state index in [2.05, 4.69) is 57.4 Å². The van der Waals surface area contributed by atoms with E-state index in [1.54, 1.807) is 0 Å². The molecule has 2 rings (SSSR count). The summed E-state index contributed by atoms with van der Waals surface area (Å²) >= 11 is 0. The second kappa shape index (κ2) is 4.30. The second-order valence-corrected chi connectivity index (χ2v) is 6.11. The van der Waals surface area contributed by atoms with E-state index >= 15 is 0 Å². The van der Waals surface area contributed by atoms with Gasteiger partial charge in [0.25, 0.3) is 0 Å². The van der Waals surface area contributed by atoms with E-state index in [1.807, 2.05) is 6.08 Å². The van der Waals surface area contributed by atoms with E-state index in [-0.39, 0.29) is 5.41 Å². The fraction of sp³-hybridized carbons (Fsp3) is 0.500. The average molecular weight is 229 g/mol. The highest BCUT2D eigenvalue weighted by Gasteiger charge is 2.23. The number of fused-ring (bicyclic) bond motifs is 1. The zero-order valence-corrected chi connectivity index (χ0v) is 11.5. The van der Waals surface area contributed by atoms with Gasteiger partial charge in [-0.05, 0) is 29.0 Å². The zero-order valence-electron chi connectivity index (χ0n) is 11.5. The van der Waals surface area contributed by atoms with Gasteiger partial charge in [0.05, 0.1) is 0 Å². The molecule has 0 saturated carbocycles. The monoisotopic (exact) mass is 229 g/mol. The van der Waals surface area contributed by atoms with Gasteiger partial charge in [0.1, 0.15) is 0 Å². The first kappa shape index (κ1) is 12.4. The molecule has 92 valence electrons. The van der Waals surface area contributed by atoms with Crippen LogP contribution >= 0.6 is 0 Å². The molecule has 0 spiro atoms. The Morgan fingerprint density at radius 3 is 2.47 bits per heavy atom. The summed E-state index contributed by atoms with van der Waals surface area (Å²) in [7, 11) is 0. The minimum absolute atomic E-state index is 0.243. The van der Waals surface area contributed by atoms with E-state index in [0.29, 0.717) is 6.04 Å². The summed E-state index contributed by atoms with van der Waals surface area (Å²) in [5.41, 5.74) is 4.65. The second-order valence-electron chi connectivity index (χ2n) is 6.11. The highest BCUT2D eigenvalue weighted by Crippen LogP contribution is 2.30. The Morgan fingerprint density at radius 1 is 1.24 bits per heavy atom. The van der Waals surface area contributed by atoms with Crippen LogP contribution in [0, 0.1) is 0 Å². The van der Waals surface area contributed by atoms with Crippen molar-refractivity contribution >= 4 is 0 Å². The molecule has 0 amide bonds. The number of hydrogen-bond acceptors (Lipinski definition) is 1. The van der Waals surface area contributed by atoms with E-state index < -0.39 is 0 Å². The van der Waals surface area contributed by atoms with E-state index in [1.165, 1.54) is 16.7 Å². The van der Waals surface area contributed by atoms with Gasteiger partial charge in [-0.3, -0.25) is 4.90 Å². The Hall–Kier alpha value is -1.08. The topological polar surface area (TPSA) is 3.24 Å². The molecule has 0 aliphatic carbocycles. The summed E-state index contributed by atoms with van der Waals surface area (Å²) in [6.07, 6.45) is 2.02. The first-order valence-electron chi connectivity index (χ1n) is 6.40. The van der Waals surface area contributed by atoms with Gasteiger partial charge in [0, 0.05) is 19.1 Å². The van der Waals surface area contributed by atoms with Gasteiger partial charge >= 0.3 is 0 Å². The minimum Gasteiger partial charge on any atom is -0.289 e. The summed E-state index contributed by atoms with van der Waals surface area (Å²) in [4.78, 5) is 2.46. The molecule has 0 fully saturated rings. The molecule has 17 heavy (non-hydrogen) atoms. The fourth-order valence-corrected chi connectivity index (χ4v) is 2.32. The molecule has 1 atom stereocenters. The molecule has 1 unspecified atom stereocenters. The SMILES string of the molecule is C=CC(C)N1Cc2ccc(C(C)(C)C)cc2C1. The molecular weight excluding hydrogens is 206 g/mol. The molecule has 0 aromatic heterocycles. The van der Waals surface area contributed by atoms with Crippen molar-refractivity contribution in [3.8, 4) is 0 Å². The van der Waals surface area contributed by atoms with Gasteiger partial charge in [0.15, 0.2) is 0 Å². The smallest absolute Gasteiger partial charge is 0.0254 e. The molecule has 1 aliphatic rings. The third-order valence-corrected chi connectivity index (χ3v) is 3.74. The molecule has 1 heteroatoms. The normalized spacial score (nSPS) is 17.9. The summed E-state index contributed by atoms with van der Waals surface area (Å²) in [5, 5.41) is 0. The van der Waals surface area contributed by atoms with E-state index in [9.17, 15) is 0 Å². The van der Waals surface area contributed by atoms with Gasteiger partial charge in [-0.1, -0.05) is 45.0 Å². The molecule has 0 N–H and O–H groups in total. The van der Waals surface area contributed by atoms with Crippen LogP contribution < -0.4 is 0 Å². The Bertz CT molecular complexity index is 426. The Morgan fingerprint density at radius 2 is 1.88 bits per heavy atom. The Kier molecular flexibility index (Phi) is 3.13. The van der Waals surface area contributed by atoms with Crippen molar-refractivity contribution in [2.24, 2.45) is 0 Å². The van der Waals surface area contributed by atoms with Crippen molar-refractivity contribution < 1.29 is 0 Å². The van der Waals surface area contributed by atoms with Gasteiger partial charge in [-0.25, -0.2) is 0 Å². The van der Waals surface area contributed by atoms with Crippen molar-refractivity contribution in [1.82, 2.24) is 4.90 Å². The van der Waals surface area contributed by atoms with Gasteiger partial charge < -0.3 is 0 Å². The van der Waals surface area contributed by atoms with Crippen molar-refractivity contribution in [3.63, 3.8) is 0 Å². The van der Waals surface area contributed by atoms with Crippen LogP contribution in [0.5, 0.6) is 0 Å². The first-order valence-corrected chi connectivity index (χ1v) is 6.40. The number of benzene rings is 1. The van der Waals surface area contributed by atoms with Crippen LogP contribution in [-0.2, 0) is 18.5 Å². The predicted molar refractivity (Wildman–Crippen MR) is 74.0 cm³/mol. The third-order valence-electron chi connectivity index (χ3n) is 3.74. The summed E-state index contributed by atoms with van der Waals surface area (Å²) in [6, 6.07) is 7.41. The van der Waals surface area contributed by atoms with Crippen LogP contribution in [0.15, 0.2) is 30.9 Å². The molecule has 0 saturated heterocycles. The standard InChI is InChI=1S/C16H23N/c1-6-12(2)17-10-13-7-8-15(16(3,4)5)9-14(13)11-17/h6-9,12H,1,10-11H2,2-5H3. The zero-order chi connectivity index (χ0) is 12.6. The Labute approximate surface area is 105 Å². The molecule has 1 heterocycles.